The van der Waals surface area contributed by atoms with E-state index in [0.717, 1.165) is 17.5 Å². The second-order valence-electron chi connectivity index (χ2n) is 5.34. The highest BCUT2D eigenvalue weighted by Crippen LogP contribution is 2.24. The van der Waals surface area contributed by atoms with E-state index in [1.165, 1.54) is 0 Å². The minimum atomic E-state index is -0.220. The summed E-state index contributed by atoms with van der Waals surface area (Å²) in [6.45, 7) is 3.28. The van der Waals surface area contributed by atoms with Crippen LogP contribution >= 0.6 is 23.2 Å². The molecule has 2 rings (SSSR count). The lowest BCUT2D eigenvalue weighted by Gasteiger charge is -2.10. The molecule has 6 heteroatoms. The fraction of sp³-hybridized carbons (Fsp3) is 0.278. The summed E-state index contributed by atoms with van der Waals surface area (Å²) in [6, 6.07) is 12.9. The third kappa shape index (κ3) is 6.30. The zero-order valence-corrected chi connectivity index (χ0v) is 15.0. The summed E-state index contributed by atoms with van der Waals surface area (Å²) < 4.78 is 5.57. The lowest BCUT2D eigenvalue weighted by Crippen LogP contribution is -2.38. The molecule has 0 fully saturated rings. The molecule has 0 aliphatic heterocycles. The average Bonchev–Trinajstić information content (AvgIpc) is 2.56. The predicted octanol–water partition coefficient (Wildman–Crippen LogP) is 4.22. The Morgan fingerprint density at radius 2 is 1.75 bits per heavy atom. The highest BCUT2D eigenvalue weighted by molar-refractivity contribution is 6.32. The van der Waals surface area contributed by atoms with Gasteiger partial charge in [-0.05, 0) is 48.7 Å². The van der Waals surface area contributed by atoms with Gasteiger partial charge in [-0.25, -0.2) is 4.79 Å². The van der Waals surface area contributed by atoms with Crippen LogP contribution in [0, 0.1) is 6.92 Å². The van der Waals surface area contributed by atoms with Crippen molar-refractivity contribution in [3.63, 3.8) is 0 Å². The predicted molar refractivity (Wildman–Crippen MR) is 98.2 cm³/mol. The van der Waals surface area contributed by atoms with Gasteiger partial charge in [0.2, 0.25) is 0 Å². The second-order valence-corrected chi connectivity index (χ2v) is 6.19. The van der Waals surface area contributed by atoms with Crippen molar-refractivity contribution in [2.45, 2.75) is 13.3 Å². The maximum Gasteiger partial charge on any atom is 0.314 e. The van der Waals surface area contributed by atoms with Crippen molar-refractivity contribution < 1.29 is 9.53 Å². The molecule has 0 aliphatic carbocycles. The molecule has 0 unspecified atom stereocenters. The van der Waals surface area contributed by atoms with Gasteiger partial charge < -0.3 is 15.4 Å². The molecule has 2 aromatic rings. The third-order valence-electron chi connectivity index (χ3n) is 3.34. The first-order valence-corrected chi connectivity index (χ1v) is 8.45. The van der Waals surface area contributed by atoms with E-state index in [4.69, 9.17) is 27.9 Å². The Balaban J connectivity index is 1.61. The van der Waals surface area contributed by atoms with E-state index in [1.54, 1.807) is 6.07 Å². The Bertz CT molecular complexity index is 675. The van der Waals surface area contributed by atoms with Gasteiger partial charge in [-0.3, -0.25) is 0 Å². The van der Waals surface area contributed by atoms with Gasteiger partial charge in [0.25, 0.3) is 0 Å². The van der Waals surface area contributed by atoms with Crippen molar-refractivity contribution in [2.24, 2.45) is 0 Å². The van der Waals surface area contributed by atoms with E-state index < -0.39 is 0 Å². The molecule has 0 bridgehead atoms. The molecule has 24 heavy (non-hydrogen) atoms. The summed E-state index contributed by atoms with van der Waals surface area (Å²) in [6.07, 6.45) is 0.750. The van der Waals surface area contributed by atoms with Crippen molar-refractivity contribution >= 4 is 29.2 Å². The van der Waals surface area contributed by atoms with E-state index in [1.807, 2.05) is 43.3 Å². The van der Waals surface area contributed by atoms with Gasteiger partial charge in [0, 0.05) is 11.6 Å². The molecular weight excluding hydrogens is 347 g/mol. The maximum absolute atomic E-state index is 11.7. The molecule has 128 valence electrons. The molecule has 0 aliphatic rings. The molecule has 0 radical (unpaired) electrons. The van der Waals surface area contributed by atoms with Crippen LogP contribution < -0.4 is 15.4 Å². The van der Waals surface area contributed by atoms with Gasteiger partial charge >= 0.3 is 6.03 Å². The van der Waals surface area contributed by atoms with Crippen molar-refractivity contribution in [2.75, 3.05) is 19.7 Å². The summed E-state index contributed by atoms with van der Waals surface area (Å²) in [5.74, 6) is 0.626. The summed E-state index contributed by atoms with van der Waals surface area (Å²) in [7, 11) is 0. The smallest absolute Gasteiger partial charge is 0.314 e. The number of amides is 2. The van der Waals surface area contributed by atoms with Crippen LogP contribution in [0.1, 0.15) is 11.1 Å². The highest BCUT2D eigenvalue weighted by atomic mass is 35.5. The van der Waals surface area contributed by atoms with Crippen LogP contribution in [0.15, 0.2) is 42.5 Å². The lowest BCUT2D eigenvalue weighted by molar-refractivity contribution is 0.236. The van der Waals surface area contributed by atoms with E-state index in [-0.39, 0.29) is 6.03 Å². The van der Waals surface area contributed by atoms with Gasteiger partial charge in [0.15, 0.2) is 0 Å². The van der Waals surface area contributed by atoms with Gasteiger partial charge in [-0.1, -0.05) is 41.4 Å². The molecule has 0 heterocycles. The first-order valence-electron chi connectivity index (χ1n) is 7.69. The van der Waals surface area contributed by atoms with Crippen LogP contribution in [-0.2, 0) is 6.42 Å². The summed E-state index contributed by atoms with van der Waals surface area (Å²) in [5.41, 5.74) is 2.19. The molecule has 2 amide bonds. The number of carbonyl (C=O) groups excluding carboxylic acids is 1. The Hall–Kier alpha value is -1.91. The molecule has 0 atom stereocenters. The molecule has 0 saturated heterocycles. The van der Waals surface area contributed by atoms with E-state index >= 15 is 0 Å². The van der Waals surface area contributed by atoms with Crippen LogP contribution in [0.5, 0.6) is 5.75 Å². The first-order chi connectivity index (χ1) is 11.5. The Labute approximate surface area is 152 Å². The number of nitrogens with one attached hydrogen (secondary N) is 2. The summed E-state index contributed by atoms with van der Waals surface area (Å²) in [5, 5.41) is 6.81. The number of rotatable bonds is 7. The monoisotopic (exact) mass is 366 g/mol. The number of urea groups is 1. The van der Waals surface area contributed by atoms with Crippen LogP contribution in [0.2, 0.25) is 10.0 Å². The van der Waals surface area contributed by atoms with Crippen molar-refractivity contribution in [1.29, 1.82) is 0 Å². The van der Waals surface area contributed by atoms with Crippen LogP contribution in [0.3, 0.4) is 0 Å². The molecule has 2 aromatic carbocycles. The normalized spacial score (nSPS) is 10.3. The molecule has 0 aromatic heterocycles. The number of ether oxygens (including phenoxy) is 1. The highest BCUT2D eigenvalue weighted by Gasteiger charge is 2.03. The second kappa shape index (κ2) is 9.40. The third-order valence-corrected chi connectivity index (χ3v) is 3.91. The zero-order chi connectivity index (χ0) is 17.4. The van der Waals surface area contributed by atoms with Crippen molar-refractivity contribution in [3.05, 3.63) is 63.6 Å². The van der Waals surface area contributed by atoms with Gasteiger partial charge in [0.1, 0.15) is 12.4 Å². The number of aryl methyl sites for hydroxylation is 1. The number of halogens is 2. The van der Waals surface area contributed by atoms with Crippen molar-refractivity contribution in [3.8, 4) is 5.75 Å². The maximum atomic E-state index is 11.7. The van der Waals surface area contributed by atoms with E-state index in [9.17, 15) is 4.79 Å². The minimum absolute atomic E-state index is 0.220. The summed E-state index contributed by atoms with van der Waals surface area (Å²) >= 11 is 11.9. The number of carbonyl (C=O) groups is 1. The SMILES string of the molecule is Cc1ccc(Cl)c(OCCNC(=O)NCCc2ccc(Cl)cc2)c1. The number of hydrogen-bond donors (Lipinski definition) is 2. The molecule has 0 saturated carbocycles. The largest absolute Gasteiger partial charge is 0.490 e. The molecule has 4 nitrogen and oxygen atoms in total. The summed E-state index contributed by atoms with van der Waals surface area (Å²) in [4.78, 5) is 11.7. The molecule has 0 spiro atoms. The van der Waals surface area contributed by atoms with Gasteiger partial charge in [0.05, 0.1) is 11.6 Å². The van der Waals surface area contributed by atoms with Crippen molar-refractivity contribution in [1.82, 2.24) is 10.6 Å². The number of benzene rings is 2. The average molecular weight is 367 g/mol. The molecule has 2 N–H and O–H groups in total. The topological polar surface area (TPSA) is 50.4 Å². The van der Waals surface area contributed by atoms with Crippen LogP contribution in [0.25, 0.3) is 0 Å². The first kappa shape index (κ1) is 18.4. The number of hydrogen-bond acceptors (Lipinski definition) is 2. The fourth-order valence-electron chi connectivity index (χ4n) is 2.08. The Morgan fingerprint density at radius 1 is 1.04 bits per heavy atom. The van der Waals surface area contributed by atoms with Gasteiger partial charge in [-0.2, -0.15) is 0 Å². The van der Waals surface area contributed by atoms with Crippen LogP contribution in [0.4, 0.5) is 4.79 Å². The Morgan fingerprint density at radius 3 is 2.50 bits per heavy atom. The standard InChI is InChI=1S/C18H20Cl2N2O2/c1-13-2-7-16(20)17(12-13)24-11-10-22-18(23)21-9-8-14-3-5-15(19)6-4-14/h2-7,12H,8-11H2,1H3,(H2,21,22,23). The van der Waals surface area contributed by atoms with Crippen LogP contribution in [-0.4, -0.2) is 25.7 Å². The molecular formula is C18H20Cl2N2O2. The quantitative estimate of drug-likeness (QED) is 0.720. The fourth-order valence-corrected chi connectivity index (χ4v) is 2.38. The minimum Gasteiger partial charge on any atom is -0.490 e. The van der Waals surface area contributed by atoms with E-state index in [2.05, 4.69) is 10.6 Å². The zero-order valence-electron chi connectivity index (χ0n) is 13.4. The van der Waals surface area contributed by atoms with E-state index in [0.29, 0.717) is 35.5 Å². The lowest BCUT2D eigenvalue weighted by atomic mass is 10.1. The van der Waals surface area contributed by atoms with Gasteiger partial charge in [-0.15, -0.1) is 0 Å². The Kier molecular flexibility index (Phi) is 7.22.